The summed E-state index contributed by atoms with van der Waals surface area (Å²) in [4.78, 5) is 21.7. The Kier molecular flexibility index (Phi) is 4.90. The van der Waals surface area contributed by atoms with E-state index >= 15 is 0 Å². The summed E-state index contributed by atoms with van der Waals surface area (Å²) < 4.78 is 5.62. The molecule has 0 radical (unpaired) electrons. The second-order valence-corrected chi connectivity index (χ2v) is 9.08. The fourth-order valence-corrected chi connectivity index (χ4v) is 5.09. The van der Waals surface area contributed by atoms with Crippen LogP contribution in [-0.2, 0) is 4.52 Å². The summed E-state index contributed by atoms with van der Waals surface area (Å²) in [6.45, 7) is 8.28. The molecule has 0 aromatic heterocycles. The zero-order valence-electron chi connectivity index (χ0n) is 11.7. The van der Waals surface area contributed by atoms with Crippen molar-refractivity contribution in [3.05, 3.63) is 30.3 Å². The Morgan fingerprint density at radius 3 is 2.00 bits per heavy atom. The molecule has 0 spiro atoms. The number of hydrogen-bond donors (Lipinski definition) is 2. The molecule has 0 amide bonds. The van der Waals surface area contributed by atoms with E-state index < -0.39 is 7.28 Å². The van der Waals surface area contributed by atoms with Crippen LogP contribution in [0.1, 0.15) is 27.7 Å². The molecular formula is C14H25O3P. The third-order valence-electron chi connectivity index (χ3n) is 2.65. The monoisotopic (exact) mass is 272 g/mol. The van der Waals surface area contributed by atoms with Crippen LogP contribution >= 0.6 is 7.28 Å². The molecule has 2 N–H and O–H groups in total. The number of benzene rings is 1. The first-order valence-corrected chi connectivity index (χ1v) is 8.69. The van der Waals surface area contributed by atoms with E-state index in [9.17, 15) is 9.79 Å². The summed E-state index contributed by atoms with van der Waals surface area (Å²) >= 11 is 0. The molecule has 0 fully saturated rings. The van der Waals surface area contributed by atoms with Gasteiger partial charge in [0.05, 0.1) is 0 Å². The van der Waals surface area contributed by atoms with Crippen molar-refractivity contribution < 1.29 is 14.3 Å². The fraction of sp³-hybridized carbons (Fsp3) is 0.571. The van der Waals surface area contributed by atoms with E-state index in [-0.39, 0.29) is 18.0 Å². The van der Waals surface area contributed by atoms with Crippen LogP contribution in [0.3, 0.4) is 0 Å². The van der Waals surface area contributed by atoms with Gasteiger partial charge in [-0.1, -0.05) is 0 Å². The Bertz CT molecular complexity index is 374. The molecule has 1 aromatic carbocycles. The molecule has 1 rings (SSSR count). The van der Waals surface area contributed by atoms with E-state index in [4.69, 9.17) is 4.52 Å². The average molecular weight is 272 g/mol. The van der Waals surface area contributed by atoms with Crippen LogP contribution in [0.5, 0.6) is 0 Å². The fourth-order valence-electron chi connectivity index (χ4n) is 1.92. The predicted octanol–water partition coefficient (Wildman–Crippen LogP) is 2.92. The molecule has 0 aliphatic carbocycles. The van der Waals surface area contributed by atoms with Crippen LogP contribution in [0.2, 0.25) is 0 Å². The normalized spacial score (nSPS) is 14.8. The molecule has 0 saturated carbocycles. The van der Waals surface area contributed by atoms with E-state index in [1.807, 2.05) is 45.9 Å². The van der Waals surface area contributed by atoms with Gasteiger partial charge in [0, 0.05) is 0 Å². The maximum atomic E-state index is 10.8. The molecule has 0 bridgehead atoms. The van der Waals surface area contributed by atoms with Gasteiger partial charge in [0.2, 0.25) is 0 Å². The van der Waals surface area contributed by atoms with Crippen molar-refractivity contribution in [3.8, 4) is 0 Å². The zero-order chi connectivity index (χ0) is 13.8. The summed E-state index contributed by atoms with van der Waals surface area (Å²) in [6.07, 6.45) is 0.266. The molecule has 18 heavy (non-hydrogen) atoms. The van der Waals surface area contributed by atoms with Crippen LogP contribution in [-0.4, -0.2) is 22.6 Å². The molecule has 0 aliphatic rings. The van der Waals surface area contributed by atoms with E-state index in [0.29, 0.717) is 11.9 Å². The average Bonchev–Trinajstić information content (AvgIpc) is 2.27. The Hall–Kier alpha value is -0.470. The molecule has 0 saturated heterocycles. The van der Waals surface area contributed by atoms with Gasteiger partial charge in [-0.2, -0.15) is 0 Å². The Balaban J connectivity index is 3.08. The molecular weight excluding hydrogens is 247 g/mol. The van der Waals surface area contributed by atoms with Crippen molar-refractivity contribution in [2.75, 3.05) is 12.8 Å². The van der Waals surface area contributed by atoms with Crippen molar-refractivity contribution in [3.63, 3.8) is 0 Å². The summed E-state index contributed by atoms with van der Waals surface area (Å²) in [7, 11) is -4.23. The Morgan fingerprint density at radius 2 is 1.56 bits per heavy atom. The van der Waals surface area contributed by atoms with Crippen LogP contribution in [0.15, 0.2) is 30.3 Å². The molecule has 1 aromatic rings. The summed E-state index contributed by atoms with van der Waals surface area (Å²) in [5, 5.41) is 0.512. The van der Waals surface area contributed by atoms with Crippen LogP contribution in [0, 0.1) is 11.8 Å². The maximum absolute atomic E-state index is 10.8. The topological polar surface area (TPSA) is 49.7 Å². The SMILES string of the molecule is CC(C)COP(O)(O)(CC(C)C)c1ccccc1. The van der Waals surface area contributed by atoms with Crippen LogP contribution in [0.25, 0.3) is 0 Å². The van der Waals surface area contributed by atoms with Crippen LogP contribution < -0.4 is 5.30 Å². The van der Waals surface area contributed by atoms with Gasteiger partial charge in [-0.3, -0.25) is 0 Å². The van der Waals surface area contributed by atoms with Crippen molar-refractivity contribution in [2.45, 2.75) is 27.7 Å². The van der Waals surface area contributed by atoms with Gasteiger partial charge in [-0.15, -0.1) is 0 Å². The zero-order valence-corrected chi connectivity index (χ0v) is 12.6. The first-order valence-electron chi connectivity index (χ1n) is 6.45. The molecule has 0 unspecified atom stereocenters. The van der Waals surface area contributed by atoms with Gasteiger partial charge in [0.1, 0.15) is 0 Å². The first-order chi connectivity index (χ1) is 8.23. The molecule has 0 atom stereocenters. The van der Waals surface area contributed by atoms with Crippen molar-refractivity contribution in [1.29, 1.82) is 0 Å². The molecule has 0 aliphatic heterocycles. The first kappa shape index (κ1) is 15.6. The minimum absolute atomic E-state index is 0.157. The second kappa shape index (κ2) is 5.66. The van der Waals surface area contributed by atoms with Gasteiger partial charge in [0.15, 0.2) is 0 Å². The van der Waals surface area contributed by atoms with Crippen LogP contribution in [0.4, 0.5) is 0 Å². The van der Waals surface area contributed by atoms with Gasteiger partial charge in [-0.25, -0.2) is 0 Å². The van der Waals surface area contributed by atoms with Gasteiger partial charge < -0.3 is 0 Å². The van der Waals surface area contributed by atoms with E-state index in [1.165, 1.54) is 0 Å². The van der Waals surface area contributed by atoms with Crippen molar-refractivity contribution in [2.24, 2.45) is 11.8 Å². The minimum atomic E-state index is -4.23. The summed E-state index contributed by atoms with van der Waals surface area (Å²) in [5.41, 5.74) is 0. The standard InChI is InChI=1S/C14H25O3P/c1-12(2)10-17-18(15,16,11-13(3)4)14-8-6-5-7-9-14/h5-9,12-13,15-16H,10-11H2,1-4H3. The third kappa shape index (κ3) is 4.03. The molecule has 104 valence electrons. The Morgan fingerprint density at radius 1 is 1.00 bits per heavy atom. The van der Waals surface area contributed by atoms with E-state index in [1.54, 1.807) is 12.1 Å². The molecule has 3 nitrogen and oxygen atoms in total. The summed E-state index contributed by atoms with van der Waals surface area (Å²) in [5.74, 6) is 0.423. The predicted molar refractivity (Wildman–Crippen MR) is 77.9 cm³/mol. The summed E-state index contributed by atoms with van der Waals surface area (Å²) in [6, 6.07) is 8.95. The van der Waals surface area contributed by atoms with Crippen molar-refractivity contribution in [1.82, 2.24) is 0 Å². The van der Waals surface area contributed by atoms with E-state index in [0.717, 1.165) is 0 Å². The van der Waals surface area contributed by atoms with Crippen molar-refractivity contribution >= 4 is 12.6 Å². The van der Waals surface area contributed by atoms with Gasteiger partial charge in [0.25, 0.3) is 0 Å². The van der Waals surface area contributed by atoms with E-state index in [2.05, 4.69) is 0 Å². The molecule has 4 heteroatoms. The van der Waals surface area contributed by atoms with Gasteiger partial charge in [-0.05, 0) is 0 Å². The number of rotatable bonds is 6. The third-order valence-corrected chi connectivity index (χ3v) is 6.06. The Labute approximate surface area is 110 Å². The second-order valence-electron chi connectivity index (χ2n) is 5.72. The quantitative estimate of drug-likeness (QED) is 0.783. The van der Waals surface area contributed by atoms with Gasteiger partial charge >= 0.3 is 110 Å². The number of hydrogen-bond acceptors (Lipinski definition) is 3. The molecule has 0 heterocycles.